The smallest absolute Gasteiger partial charge is 0.255 e. The highest BCUT2D eigenvalue weighted by Gasteiger charge is 2.25. The van der Waals surface area contributed by atoms with Crippen LogP contribution in [0.15, 0.2) is 48.5 Å². The molecule has 1 heterocycles. The number of piperazine rings is 1. The number of ether oxygens (including phenoxy) is 1. The van der Waals surface area contributed by atoms with E-state index in [0.29, 0.717) is 17.9 Å². The van der Waals surface area contributed by atoms with Crippen LogP contribution in [0, 0.1) is 0 Å². The van der Waals surface area contributed by atoms with Crippen LogP contribution in [0.1, 0.15) is 22.0 Å². The van der Waals surface area contributed by atoms with Crippen molar-refractivity contribution < 1.29 is 9.53 Å². The molecule has 156 valence electrons. The van der Waals surface area contributed by atoms with Gasteiger partial charge < -0.3 is 19.9 Å². The van der Waals surface area contributed by atoms with E-state index < -0.39 is 0 Å². The topological polar surface area (TPSA) is 48.1 Å². The Morgan fingerprint density at radius 2 is 1.72 bits per heavy atom. The number of hydrogen-bond donors (Lipinski definition) is 1. The lowest BCUT2D eigenvalue weighted by atomic mass is 10.0. The van der Waals surface area contributed by atoms with Gasteiger partial charge in [0.25, 0.3) is 5.91 Å². The Hall–Kier alpha value is -2.57. The van der Waals surface area contributed by atoms with Gasteiger partial charge in [0.2, 0.25) is 0 Å². The maximum absolute atomic E-state index is 12.8. The van der Waals surface area contributed by atoms with Gasteiger partial charge in [-0.1, -0.05) is 24.3 Å². The van der Waals surface area contributed by atoms with Gasteiger partial charge >= 0.3 is 0 Å². The molecule has 6 heteroatoms. The molecule has 0 bridgehead atoms. The van der Waals surface area contributed by atoms with E-state index in [-0.39, 0.29) is 11.9 Å². The van der Waals surface area contributed by atoms with Crippen molar-refractivity contribution in [2.24, 2.45) is 0 Å². The van der Waals surface area contributed by atoms with Crippen LogP contribution in [0.3, 0.4) is 0 Å². The summed E-state index contributed by atoms with van der Waals surface area (Å²) in [6, 6.07) is 16.1. The summed E-state index contributed by atoms with van der Waals surface area (Å²) in [5.74, 6) is 0.489. The molecule has 1 saturated heterocycles. The third-order valence-electron chi connectivity index (χ3n) is 5.58. The lowest BCUT2D eigenvalue weighted by Crippen LogP contribution is -2.48. The largest absolute Gasteiger partial charge is 0.496 e. The molecule has 1 amide bonds. The Morgan fingerprint density at radius 1 is 1.07 bits per heavy atom. The molecule has 0 aromatic heterocycles. The predicted octanol–water partition coefficient (Wildman–Crippen LogP) is 2.48. The van der Waals surface area contributed by atoms with E-state index >= 15 is 0 Å². The van der Waals surface area contributed by atoms with Gasteiger partial charge in [-0.3, -0.25) is 9.69 Å². The molecule has 1 fully saturated rings. The molecule has 1 atom stereocenters. The third kappa shape index (κ3) is 5.28. The zero-order valence-corrected chi connectivity index (χ0v) is 17.9. The minimum atomic E-state index is -0.105. The average Bonchev–Trinajstić information content (AvgIpc) is 2.75. The maximum Gasteiger partial charge on any atom is 0.255 e. The van der Waals surface area contributed by atoms with Crippen molar-refractivity contribution in [2.45, 2.75) is 6.04 Å². The molecule has 3 rings (SSSR count). The van der Waals surface area contributed by atoms with E-state index in [2.05, 4.69) is 51.3 Å². The van der Waals surface area contributed by atoms with Crippen molar-refractivity contribution in [3.05, 3.63) is 59.7 Å². The molecule has 0 unspecified atom stereocenters. The summed E-state index contributed by atoms with van der Waals surface area (Å²) < 4.78 is 5.34. The summed E-state index contributed by atoms with van der Waals surface area (Å²) in [7, 11) is 7.83. The molecule has 0 spiro atoms. The number of amides is 1. The lowest BCUT2D eigenvalue weighted by molar-refractivity contribution is 0.0883. The Bertz CT molecular complexity index is 799. The third-order valence-corrected chi connectivity index (χ3v) is 5.58. The molecule has 0 radical (unpaired) electrons. The molecule has 1 N–H and O–H groups in total. The van der Waals surface area contributed by atoms with Crippen molar-refractivity contribution in [1.82, 2.24) is 15.1 Å². The van der Waals surface area contributed by atoms with E-state index in [1.807, 2.05) is 32.3 Å². The molecule has 2 aromatic carbocycles. The van der Waals surface area contributed by atoms with Gasteiger partial charge in [0.1, 0.15) is 5.75 Å². The molecular weight excluding hydrogens is 364 g/mol. The normalized spacial score (nSPS) is 16.3. The number of methoxy groups -OCH3 is 1. The first-order chi connectivity index (χ1) is 14.0. The standard InChI is InChI=1S/C23H32N4O2/c1-25(2)19-11-9-18(10-12-19)21(27-15-13-26(3)14-16-27)17-24-23(28)20-7-5-6-8-22(20)29-4/h5-12,21H,13-17H2,1-4H3,(H,24,28)/t21-/m0/s1. The van der Waals surface area contributed by atoms with Gasteiger partial charge in [-0.15, -0.1) is 0 Å². The Labute approximate surface area is 174 Å². The summed E-state index contributed by atoms with van der Waals surface area (Å²) in [6.07, 6.45) is 0. The summed E-state index contributed by atoms with van der Waals surface area (Å²) in [4.78, 5) is 19.7. The maximum atomic E-state index is 12.8. The molecule has 0 aliphatic carbocycles. The fourth-order valence-corrected chi connectivity index (χ4v) is 3.70. The second kappa shape index (κ2) is 9.76. The van der Waals surface area contributed by atoms with Crippen molar-refractivity contribution in [2.75, 3.05) is 65.9 Å². The fraction of sp³-hybridized carbons (Fsp3) is 0.435. The monoisotopic (exact) mass is 396 g/mol. The van der Waals surface area contributed by atoms with Crippen LogP contribution in [0.2, 0.25) is 0 Å². The number of benzene rings is 2. The minimum Gasteiger partial charge on any atom is -0.496 e. The van der Waals surface area contributed by atoms with Crippen LogP contribution >= 0.6 is 0 Å². The molecular formula is C23H32N4O2. The van der Waals surface area contributed by atoms with Crippen molar-refractivity contribution in [1.29, 1.82) is 0 Å². The Morgan fingerprint density at radius 3 is 2.34 bits per heavy atom. The summed E-state index contributed by atoms with van der Waals surface area (Å²) in [6.45, 7) is 4.60. The minimum absolute atomic E-state index is 0.105. The van der Waals surface area contributed by atoms with Crippen LogP contribution in [0.5, 0.6) is 5.75 Å². The first-order valence-corrected chi connectivity index (χ1v) is 10.1. The number of anilines is 1. The van der Waals surface area contributed by atoms with Gasteiger partial charge in [-0.2, -0.15) is 0 Å². The summed E-state index contributed by atoms with van der Waals surface area (Å²) >= 11 is 0. The van der Waals surface area contributed by atoms with E-state index in [1.165, 1.54) is 11.3 Å². The molecule has 1 aliphatic rings. The quantitative estimate of drug-likeness (QED) is 0.779. The highest BCUT2D eigenvalue weighted by atomic mass is 16.5. The number of likely N-dealkylation sites (N-methyl/N-ethyl adjacent to an activating group) is 1. The number of carbonyl (C=O) groups is 1. The summed E-state index contributed by atoms with van der Waals surface area (Å²) in [5, 5.41) is 3.13. The van der Waals surface area contributed by atoms with Crippen LogP contribution in [-0.4, -0.2) is 76.7 Å². The van der Waals surface area contributed by atoms with Gasteiger partial charge in [-0.05, 0) is 36.9 Å². The summed E-state index contributed by atoms with van der Waals surface area (Å²) in [5.41, 5.74) is 2.96. The second-order valence-electron chi connectivity index (χ2n) is 7.75. The van der Waals surface area contributed by atoms with Gasteiger partial charge in [0.05, 0.1) is 18.7 Å². The Balaban J connectivity index is 1.77. The number of nitrogens with one attached hydrogen (secondary N) is 1. The zero-order valence-electron chi connectivity index (χ0n) is 17.9. The van der Waals surface area contributed by atoms with E-state index in [4.69, 9.17) is 4.74 Å². The predicted molar refractivity (Wildman–Crippen MR) is 118 cm³/mol. The van der Waals surface area contributed by atoms with Crippen molar-refractivity contribution >= 4 is 11.6 Å². The number of carbonyl (C=O) groups excluding carboxylic acids is 1. The molecule has 6 nitrogen and oxygen atoms in total. The van der Waals surface area contributed by atoms with Crippen LogP contribution in [0.4, 0.5) is 5.69 Å². The Kier molecular flexibility index (Phi) is 7.12. The lowest BCUT2D eigenvalue weighted by Gasteiger charge is -2.38. The van der Waals surface area contributed by atoms with Gasteiger partial charge in [0, 0.05) is 52.5 Å². The fourth-order valence-electron chi connectivity index (χ4n) is 3.70. The number of rotatable bonds is 7. The average molecular weight is 397 g/mol. The number of hydrogen-bond acceptors (Lipinski definition) is 5. The van der Waals surface area contributed by atoms with Crippen LogP contribution in [-0.2, 0) is 0 Å². The number of nitrogens with zero attached hydrogens (tertiary/aromatic N) is 3. The number of para-hydroxylation sites is 1. The SMILES string of the molecule is COc1ccccc1C(=O)NC[C@@H](c1ccc(N(C)C)cc1)N1CCN(C)CC1. The molecule has 1 aliphatic heterocycles. The first-order valence-electron chi connectivity index (χ1n) is 10.1. The highest BCUT2D eigenvalue weighted by molar-refractivity contribution is 5.96. The van der Waals surface area contributed by atoms with Crippen LogP contribution in [0.25, 0.3) is 0 Å². The first kappa shape index (κ1) is 21.1. The molecule has 0 saturated carbocycles. The highest BCUT2D eigenvalue weighted by Crippen LogP contribution is 2.24. The van der Waals surface area contributed by atoms with Crippen molar-refractivity contribution in [3.8, 4) is 5.75 Å². The van der Waals surface area contributed by atoms with Crippen LogP contribution < -0.4 is 15.0 Å². The molecule has 2 aromatic rings. The van der Waals surface area contributed by atoms with E-state index in [0.717, 1.165) is 26.2 Å². The van der Waals surface area contributed by atoms with Crippen molar-refractivity contribution in [3.63, 3.8) is 0 Å². The zero-order chi connectivity index (χ0) is 20.8. The van der Waals surface area contributed by atoms with E-state index in [9.17, 15) is 4.79 Å². The van der Waals surface area contributed by atoms with E-state index in [1.54, 1.807) is 13.2 Å². The second-order valence-corrected chi connectivity index (χ2v) is 7.75. The van der Waals surface area contributed by atoms with Gasteiger partial charge in [-0.25, -0.2) is 0 Å². The van der Waals surface area contributed by atoms with Gasteiger partial charge in [0.15, 0.2) is 0 Å². The molecule has 29 heavy (non-hydrogen) atoms.